The van der Waals surface area contributed by atoms with Crippen LogP contribution in [0.5, 0.6) is 5.75 Å². The van der Waals surface area contributed by atoms with Crippen LogP contribution in [0.15, 0.2) is 24.3 Å². The zero-order valence-electron chi connectivity index (χ0n) is 15.6. The average Bonchev–Trinajstić information content (AvgIpc) is 2.69. The Morgan fingerprint density at radius 2 is 1.72 bits per heavy atom. The van der Waals surface area contributed by atoms with Crippen LogP contribution in [-0.2, 0) is 4.79 Å². The fourth-order valence-corrected chi connectivity index (χ4v) is 4.18. The number of benzene rings is 1. The van der Waals surface area contributed by atoms with Gasteiger partial charge < -0.3 is 14.5 Å². The third kappa shape index (κ3) is 5.13. The van der Waals surface area contributed by atoms with Crippen molar-refractivity contribution in [3.8, 4) is 5.75 Å². The van der Waals surface area contributed by atoms with E-state index < -0.39 is 0 Å². The minimum atomic E-state index is 0.352. The van der Waals surface area contributed by atoms with Gasteiger partial charge in [-0.1, -0.05) is 32.1 Å². The third-order valence-corrected chi connectivity index (χ3v) is 5.80. The number of methoxy groups -OCH3 is 1. The van der Waals surface area contributed by atoms with E-state index in [0.29, 0.717) is 5.91 Å². The second-order valence-corrected chi connectivity index (χ2v) is 7.46. The van der Waals surface area contributed by atoms with Gasteiger partial charge in [-0.25, -0.2) is 0 Å². The molecule has 0 bridgehead atoms. The Bertz CT molecular complexity index is 529. The van der Waals surface area contributed by atoms with Gasteiger partial charge in [0.25, 0.3) is 0 Å². The topological polar surface area (TPSA) is 32.8 Å². The first-order chi connectivity index (χ1) is 12.3. The van der Waals surface area contributed by atoms with Gasteiger partial charge in [0.1, 0.15) is 5.75 Å². The van der Waals surface area contributed by atoms with Crippen LogP contribution in [0.3, 0.4) is 0 Å². The molecule has 1 amide bonds. The van der Waals surface area contributed by atoms with Crippen LogP contribution in [0.4, 0.5) is 5.69 Å². The molecule has 1 saturated carbocycles. The van der Waals surface area contributed by atoms with Crippen molar-refractivity contribution in [3.05, 3.63) is 24.3 Å². The van der Waals surface area contributed by atoms with E-state index in [1.165, 1.54) is 44.2 Å². The second-order valence-electron chi connectivity index (χ2n) is 7.46. The Balaban J connectivity index is 1.38. The molecule has 25 heavy (non-hydrogen) atoms. The van der Waals surface area contributed by atoms with E-state index in [1.807, 2.05) is 12.1 Å². The number of carbonyl (C=O) groups is 1. The molecular formula is C21H32N2O2. The van der Waals surface area contributed by atoms with E-state index in [0.717, 1.165) is 50.7 Å². The summed E-state index contributed by atoms with van der Waals surface area (Å²) in [6, 6.07) is 8.19. The summed E-state index contributed by atoms with van der Waals surface area (Å²) >= 11 is 0. The molecule has 1 aromatic rings. The minimum Gasteiger partial charge on any atom is -0.497 e. The molecule has 0 aromatic heterocycles. The maximum absolute atomic E-state index is 12.5. The van der Waals surface area contributed by atoms with E-state index in [9.17, 15) is 4.79 Å². The molecule has 2 aliphatic rings. The van der Waals surface area contributed by atoms with E-state index in [4.69, 9.17) is 4.74 Å². The van der Waals surface area contributed by atoms with Crippen LogP contribution in [0.25, 0.3) is 0 Å². The van der Waals surface area contributed by atoms with E-state index in [-0.39, 0.29) is 0 Å². The van der Waals surface area contributed by atoms with E-state index in [2.05, 4.69) is 21.9 Å². The van der Waals surface area contributed by atoms with Crippen molar-refractivity contribution in [2.75, 3.05) is 38.2 Å². The lowest BCUT2D eigenvalue weighted by atomic mass is 9.86. The second kappa shape index (κ2) is 9.12. The Labute approximate surface area is 152 Å². The Hall–Kier alpha value is -1.71. The van der Waals surface area contributed by atoms with Crippen LogP contribution >= 0.6 is 0 Å². The molecule has 4 nitrogen and oxygen atoms in total. The van der Waals surface area contributed by atoms with Crippen molar-refractivity contribution in [1.82, 2.24) is 4.90 Å². The SMILES string of the molecule is COc1ccc(N2CCN(C(=O)CCCC3CCCCC3)CC2)cc1. The quantitative estimate of drug-likeness (QED) is 0.779. The molecule has 0 unspecified atom stereocenters. The van der Waals surface area contributed by atoms with Gasteiger partial charge in [-0.15, -0.1) is 0 Å². The van der Waals surface area contributed by atoms with Crippen LogP contribution in [0.2, 0.25) is 0 Å². The number of rotatable bonds is 6. The van der Waals surface area contributed by atoms with Crippen molar-refractivity contribution in [2.24, 2.45) is 5.92 Å². The lowest BCUT2D eigenvalue weighted by Gasteiger charge is -2.36. The highest BCUT2D eigenvalue weighted by Gasteiger charge is 2.21. The van der Waals surface area contributed by atoms with Gasteiger partial charge in [-0.3, -0.25) is 4.79 Å². The molecule has 4 heteroatoms. The van der Waals surface area contributed by atoms with Gasteiger partial charge in [-0.2, -0.15) is 0 Å². The minimum absolute atomic E-state index is 0.352. The van der Waals surface area contributed by atoms with Gasteiger partial charge in [-0.05, 0) is 43.0 Å². The van der Waals surface area contributed by atoms with Crippen LogP contribution < -0.4 is 9.64 Å². The maximum atomic E-state index is 12.5. The fraction of sp³-hybridized carbons (Fsp3) is 0.667. The number of hydrogen-bond donors (Lipinski definition) is 0. The highest BCUT2D eigenvalue weighted by atomic mass is 16.5. The summed E-state index contributed by atoms with van der Waals surface area (Å²) in [6.07, 6.45) is 10.0. The van der Waals surface area contributed by atoms with Crippen molar-refractivity contribution in [2.45, 2.75) is 51.4 Å². The molecule has 138 valence electrons. The van der Waals surface area contributed by atoms with Crippen LogP contribution in [0, 0.1) is 5.92 Å². The summed E-state index contributed by atoms with van der Waals surface area (Å²) in [5.41, 5.74) is 1.21. The summed E-state index contributed by atoms with van der Waals surface area (Å²) in [5, 5.41) is 0. The van der Waals surface area contributed by atoms with Crippen molar-refractivity contribution < 1.29 is 9.53 Å². The van der Waals surface area contributed by atoms with Crippen molar-refractivity contribution >= 4 is 11.6 Å². The van der Waals surface area contributed by atoms with Gasteiger partial charge in [0, 0.05) is 38.3 Å². The van der Waals surface area contributed by atoms with E-state index >= 15 is 0 Å². The number of hydrogen-bond acceptors (Lipinski definition) is 3. The molecule has 1 saturated heterocycles. The van der Waals surface area contributed by atoms with Crippen LogP contribution in [0.1, 0.15) is 51.4 Å². The number of amides is 1. The van der Waals surface area contributed by atoms with Gasteiger partial charge in [0.15, 0.2) is 0 Å². The lowest BCUT2D eigenvalue weighted by Crippen LogP contribution is -2.48. The molecule has 0 spiro atoms. The monoisotopic (exact) mass is 344 g/mol. The molecule has 0 radical (unpaired) electrons. The summed E-state index contributed by atoms with van der Waals surface area (Å²) in [4.78, 5) is 16.9. The average molecular weight is 344 g/mol. The molecule has 1 aliphatic heterocycles. The van der Waals surface area contributed by atoms with Crippen molar-refractivity contribution in [3.63, 3.8) is 0 Å². The highest BCUT2D eigenvalue weighted by molar-refractivity contribution is 5.76. The zero-order chi connectivity index (χ0) is 17.5. The molecule has 0 N–H and O–H groups in total. The molecule has 0 atom stereocenters. The summed E-state index contributed by atoms with van der Waals surface area (Å²) < 4.78 is 5.21. The first-order valence-electron chi connectivity index (χ1n) is 9.93. The number of carbonyl (C=O) groups excluding carboxylic acids is 1. The lowest BCUT2D eigenvalue weighted by molar-refractivity contribution is -0.131. The zero-order valence-corrected chi connectivity index (χ0v) is 15.6. The van der Waals surface area contributed by atoms with Crippen LogP contribution in [-0.4, -0.2) is 44.1 Å². The predicted molar refractivity (Wildman–Crippen MR) is 102 cm³/mol. The first-order valence-corrected chi connectivity index (χ1v) is 9.93. The molecule has 1 heterocycles. The summed E-state index contributed by atoms with van der Waals surface area (Å²) in [6.45, 7) is 3.52. The molecule has 1 aliphatic carbocycles. The number of ether oxygens (including phenoxy) is 1. The number of anilines is 1. The fourth-order valence-electron chi connectivity index (χ4n) is 4.18. The number of nitrogens with zero attached hydrogens (tertiary/aromatic N) is 2. The molecular weight excluding hydrogens is 312 g/mol. The van der Waals surface area contributed by atoms with Gasteiger partial charge in [0.2, 0.25) is 5.91 Å². The Kier molecular flexibility index (Phi) is 6.60. The molecule has 3 rings (SSSR count). The molecule has 1 aromatic carbocycles. The molecule has 2 fully saturated rings. The Morgan fingerprint density at radius 3 is 2.36 bits per heavy atom. The normalized spacial score (nSPS) is 19.1. The largest absolute Gasteiger partial charge is 0.497 e. The van der Waals surface area contributed by atoms with Gasteiger partial charge in [0.05, 0.1) is 7.11 Å². The highest BCUT2D eigenvalue weighted by Crippen LogP contribution is 2.28. The Morgan fingerprint density at radius 1 is 1.04 bits per heavy atom. The van der Waals surface area contributed by atoms with Gasteiger partial charge >= 0.3 is 0 Å². The van der Waals surface area contributed by atoms with E-state index in [1.54, 1.807) is 7.11 Å². The smallest absolute Gasteiger partial charge is 0.222 e. The van der Waals surface area contributed by atoms with Crippen molar-refractivity contribution in [1.29, 1.82) is 0 Å². The third-order valence-electron chi connectivity index (χ3n) is 5.80. The first kappa shape index (κ1) is 18.1. The predicted octanol–water partition coefficient (Wildman–Crippen LogP) is 4.09. The standard InChI is InChI=1S/C21H32N2O2/c1-25-20-12-10-19(11-13-20)22-14-16-23(17-15-22)21(24)9-5-8-18-6-3-2-4-7-18/h10-13,18H,2-9,14-17H2,1H3. The summed E-state index contributed by atoms with van der Waals surface area (Å²) in [5.74, 6) is 2.12. The summed E-state index contributed by atoms with van der Waals surface area (Å²) in [7, 11) is 1.69. The number of piperazine rings is 1. The maximum Gasteiger partial charge on any atom is 0.222 e.